The standard InChI is InChI=1S/C44H41N3O9S/c1-27-37(26-57-40-35(42(51)52)11-6-20-45-40)55-43(56-39(27)32-14-12-28(24-48)13-15-32)33-18-16-31(17-19-33)34-10-5-9-30(21-34)23-47-38(49)22-36(41(47)50)46-44(53)54-25-29-7-3-2-4-8-29/h2-21,27,36-37,39,43,48H,22-26H2,1H3,(H,46,53)(H,51,52)/t27-,36?,37+,39+,43+/m1/s1. The Hall–Kier alpha value is -5.86. The van der Waals surface area contributed by atoms with Crippen LogP contribution in [0.5, 0.6) is 0 Å². The maximum Gasteiger partial charge on any atom is 0.408 e. The Morgan fingerprint density at radius 3 is 2.33 bits per heavy atom. The number of nitrogens with zero attached hydrogens (tertiary/aromatic N) is 2. The van der Waals surface area contributed by atoms with Crippen LogP contribution in [0.2, 0.25) is 0 Å². The fourth-order valence-electron chi connectivity index (χ4n) is 6.87. The number of imide groups is 1. The van der Waals surface area contributed by atoms with Crippen LogP contribution in [-0.4, -0.2) is 61.9 Å². The average molecular weight is 788 g/mol. The number of carboxylic acids is 1. The van der Waals surface area contributed by atoms with Gasteiger partial charge in [0.2, 0.25) is 5.91 Å². The third kappa shape index (κ3) is 9.41. The first-order chi connectivity index (χ1) is 27.7. The number of carbonyl (C=O) groups is 4. The van der Waals surface area contributed by atoms with Gasteiger partial charge in [-0.05, 0) is 51.6 Å². The summed E-state index contributed by atoms with van der Waals surface area (Å²) in [6.07, 6.45) is -0.764. The Morgan fingerprint density at radius 2 is 1.60 bits per heavy atom. The number of ether oxygens (including phenoxy) is 3. The number of carbonyl (C=O) groups excluding carboxylic acids is 3. The zero-order valence-electron chi connectivity index (χ0n) is 31.0. The van der Waals surface area contributed by atoms with Gasteiger partial charge in [-0.1, -0.05) is 104 Å². The first kappa shape index (κ1) is 39.4. The molecule has 292 valence electrons. The van der Waals surface area contributed by atoms with E-state index in [1.165, 1.54) is 17.8 Å². The number of aliphatic hydroxyl groups is 1. The van der Waals surface area contributed by atoms with E-state index in [0.29, 0.717) is 10.8 Å². The number of rotatable bonds is 13. The molecule has 2 aliphatic heterocycles. The molecule has 0 aliphatic carbocycles. The van der Waals surface area contributed by atoms with Crippen molar-refractivity contribution in [3.05, 3.63) is 155 Å². The van der Waals surface area contributed by atoms with Gasteiger partial charge in [0.1, 0.15) is 17.7 Å². The quantitative estimate of drug-likeness (QED) is 0.0826. The second kappa shape index (κ2) is 17.9. The van der Waals surface area contributed by atoms with Crippen LogP contribution in [-0.2, 0) is 43.6 Å². The summed E-state index contributed by atoms with van der Waals surface area (Å²) in [6, 6.07) is 34.2. The average Bonchev–Trinajstić information content (AvgIpc) is 3.50. The van der Waals surface area contributed by atoms with E-state index in [1.54, 1.807) is 12.3 Å². The Kier molecular flexibility index (Phi) is 12.4. The van der Waals surface area contributed by atoms with Gasteiger partial charge in [0, 0.05) is 23.4 Å². The summed E-state index contributed by atoms with van der Waals surface area (Å²) in [6.45, 7) is 2.07. The summed E-state index contributed by atoms with van der Waals surface area (Å²) in [5.41, 5.74) is 5.94. The molecule has 1 aromatic heterocycles. The number of hydrogen-bond acceptors (Lipinski definition) is 10. The van der Waals surface area contributed by atoms with Crippen LogP contribution in [0, 0.1) is 5.92 Å². The Bertz CT molecular complexity index is 2220. The lowest BCUT2D eigenvalue weighted by Gasteiger charge is -2.41. The number of alkyl carbamates (subject to hydrolysis) is 1. The lowest BCUT2D eigenvalue weighted by Crippen LogP contribution is -2.41. The molecule has 0 saturated carbocycles. The molecule has 5 aromatic rings. The van der Waals surface area contributed by atoms with Crippen molar-refractivity contribution in [2.24, 2.45) is 5.92 Å². The molecule has 2 fully saturated rings. The Balaban J connectivity index is 1.03. The van der Waals surface area contributed by atoms with Crippen molar-refractivity contribution in [1.82, 2.24) is 15.2 Å². The Morgan fingerprint density at radius 1 is 0.860 bits per heavy atom. The number of hydrogen-bond donors (Lipinski definition) is 3. The first-order valence-electron chi connectivity index (χ1n) is 18.5. The molecule has 4 aromatic carbocycles. The van der Waals surface area contributed by atoms with Crippen LogP contribution in [0.1, 0.15) is 63.9 Å². The Labute approximate surface area is 333 Å². The van der Waals surface area contributed by atoms with Crippen LogP contribution in [0.25, 0.3) is 11.1 Å². The molecule has 7 rings (SSSR count). The number of nitrogens with one attached hydrogen (secondary N) is 1. The number of aromatic nitrogens is 1. The monoisotopic (exact) mass is 787 g/mol. The van der Waals surface area contributed by atoms with Crippen molar-refractivity contribution >= 4 is 35.6 Å². The molecular formula is C44H41N3O9S. The molecule has 2 aliphatic rings. The topological polar surface area (TPSA) is 165 Å². The number of thioether (sulfide) groups is 1. The van der Waals surface area contributed by atoms with Gasteiger partial charge in [-0.2, -0.15) is 0 Å². The fraction of sp³-hybridized carbons (Fsp3) is 0.250. The number of pyridine rings is 1. The minimum atomic E-state index is -1.05. The van der Waals surface area contributed by atoms with E-state index in [4.69, 9.17) is 14.2 Å². The number of aliphatic hydroxyl groups excluding tert-OH is 1. The zero-order valence-corrected chi connectivity index (χ0v) is 31.8. The van der Waals surface area contributed by atoms with E-state index in [-0.39, 0.29) is 55.8 Å². The highest BCUT2D eigenvalue weighted by atomic mass is 32.2. The summed E-state index contributed by atoms with van der Waals surface area (Å²) in [7, 11) is 0. The number of carboxylic acid groups (broad SMARTS) is 1. The second-order valence-corrected chi connectivity index (χ2v) is 14.9. The van der Waals surface area contributed by atoms with Crippen molar-refractivity contribution in [2.45, 2.75) is 62.7 Å². The van der Waals surface area contributed by atoms with Gasteiger partial charge in [0.05, 0.1) is 37.3 Å². The maximum absolute atomic E-state index is 13.2. The molecule has 57 heavy (non-hydrogen) atoms. The van der Waals surface area contributed by atoms with Crippen molar-refractivity contribution in [2.75, 3.05) is 5.75 Å². The van der Waals surface area contributed by atoms with Gasteiger partial charge in [0.15, 0.2) is 6.29 Å². The molecule has 0 bridgehead atoms. The highest BCUT2D eigenvalue weighted by Gasteiger charge is 2.40. The molecule has 2 saturated heterocycles. The predicted molar refractivity (Wildman–Crippen MR) is 210 cm³/mol. The minimum absolute atomic E-state index is 0.0448. The van der Waals surface area contributed by atoms with E-state index in [2.05, 4.69) is 10.3 Å². The number of likely N-dealkylation sites (tertiary alicyclic amines) is 1. The van der Waals surface area contributed by atoms with E-state index >= 15 is 0 Å². The van der Waals surface area contributed by atoms with E-state index in [9.17, 15) is 29.4 Å². The van der Waals surface area contributed by atoms with Crippen molar-refractivity contribution in [3.8, 4) is 11.1 Å². The summed E-state index contributed by atoms with van der Waals surface area (Å²) in [5, 5.41) is 22.2. The molecule has 0 spiro atoms. The summed E-state index contributed by atoms with van der Waals surface area (Å²) < 4.78 is 18.4. The van der Waals surface area contributed by atoms with E-state index < -0.39 is 30.3 Å². The third-order valence-electron chi connectivity index (χ3n) is 10.0. The zero-order chi connectivity index (χ0) is 39.9. The van der Waals surface area contributed by atoms with Crippen LogP contribution in [0.15, 0.2) is 126 Å². The van der Waals surface area contributed by atoms with Gasteiger partial charge >= 0.3 is 12.1 Å². The number of benzene rings is 4. The molecule has 3 N–H and O–H groups in total. The third-order valence-corrected chi connectivity index (χ3v) is 11.1. The lowest BCUT2D eigenvalue weighted by molar-refractivity contribution is -0.268. The van der Waals surface area contributed by atoms with Gasteiger partial charge < -0.3 is 29.7 Å². The normalized spacial score (nSPS) is 20.7. The van der Waals surface area contributed by atoms with Gasteiger partial charge in [-0.3, -0.25) is 14.5 Å². The summed E-state index contributed by atoms with van der Waals surface area (Å²) in [5.74, 6) is -1.59. The molecule has 13 heteroatoms. The second-order valence-electron chi connectivity index (χ2n) is 13.9. The molecule has 12 nitrogen and oxygen atoms in total. The molecule has 3 heterocycles. The van der Waals surface area contributed by atoms with E-state index in [0.717, 1.165) is 43.8 Å². The van der Waals surface area contributed by atoms with Crippen LogP contribution >= 0.6 is 11.8 Å². The van der Waals surface area contributed by atoms with Crippen LogP contribution < -0.4 is 5.32 Å². The summed E-state index contributed by atoms with van der Waals surface area (Å²) >= 11 is 1.33. The summed E-state index contributed by atoms with van der Waals surface area (Å²) in [4.78, 5) is 55.8. The fourth-order valence-corrected chi connectivity index (χ4v) is 8.02. The van der Waals surface area contributed by atoms with Crippen LogP contribution in [0.3, 0.4) is 0 Å². The van der Waals surface area contributed by atoms with Crippen molar-refractivity contribution < 1.29 is 43.6 Å². The van der Waals surface area contributed by atoms with Crippen molar-refractivity contribution in [3.63, 3.8) is 0 Å². The van der Waals surface area contributed by atoms with Gasteiger partial charge in [0.25, 0.3) is 5.91 Å². The SMILES string of the molecule is C[C@@H]1[C@H](CSc2ncccc2C(=O)O)O[C@H](c2ccc(-c3cccc(CN4C(=O)CC(NC(=O)OCc5ccccc5)C4=O)c3)cc2)O[C@@H]1c1ccc(CO)cc1. The van der Waals surface area contributed by atoms with Gasteiger partial charge in [-0.25, -0.2) is 14.6 Å². The molecule has 3 amide bonds. The van der Waals surface area contributed by atoms with Gasteiger partial charge in [-0.15, -0.1) is 11.8 Å². The predicted octanol–water partition coefficient (Wildman–Crippen LogP) is 7.08. The minimum Gasteiger partial charge on any atom is -0.478 e. The first-order valence-corrected chi connectivity index (χ1v) is 19.5. The number of aromatic carboxylic acids is 1. The molecular weight excluding hydrogens is 747 g/mol. The highest BCUT2D eigenvalue weighted by Crippen LogP contribution is 2.43. The molecule has 0 radical (unpaired) electrons. The maximum atomic E-state index is 13.2. The van der Waals surface area contributed by atoms with Crippen molar-refractivity contribution in [1.29, 1.82) is 0 Å². The smallest absolute Gasteiger partial charge is 0.408 e. The lowest BCUT2D eigenvalue weighted by atomic mass is 9.91. The largest absolute Gasteiger partial charge is 0.478 e. The number of amides is 3. The highest BCUT2D eigenvalue weighted by molar-refractivity contribution is 7.99. The molecule has 5 atom stereocenters. The van der Waals surface area contributed by atoms with E-state index in [1.807, 2.05) is 110 Å². The van der Waals surface area contributed by atoms with Crippen LogP contribution in [0.4, 0.5) is 4.79 Å². The molecule has 1 unspecified atom stereocenters.